The molecule has 2 saturated carbocycles. The van der Waals surface area contributed by atoms with E-state index >= 15 is 0 Å². The van der Waals surface area contributed by atoms with Crippen molar-refractivity contribution in [3.8, 4) is 5.75 Å². The normalized spacial score (nSPS) is 30.8. The SMILES string of the molecule is O[C@@H]1C[C@H]2CN(c3nnc(C4CCC4)o3)C[C@H]2C[C@H]1Oc1ccc(F)cc1. The number of benzene rings is 1. The van der Waals surface area contributed by atoms with Crippen molar-refractivity contribution in [1.29, 1.82) is 0 Å². The number of fused-ring (bicyclic) bond motifs is 1. The van der Waals surface area contributed by atoms with Crippen LogP contribution in [0.4, 0.5) is 10.4 Å². The topological polar surface area (TPSA) is 71.6 Å². The van der Waals surface area contributed by atoms with Crippen LogP contribution in [0.2, 0.25) is 0 Å². The number of halogens is 1. The van der Waals surface area contributed by atoms with E-state index in [1.807, 2.05) is 0 Å². The maximum atomic E-state index is 13.1. The molecule has 2 aromatic rings. The average Bonchev–Trinajstić information content (AvgIpc) is 3.22. The molecular formula is C20H24FN3O3. The minimum atomic E-state index is -0.524. The fourth-order valence-electron chi connectivity index (χ4n) is 4.54. The summed E-state index contributed by atoms with van der Waals surface area (Å²) in [6.45, 7) is 1.67. The fourth-order valence-corrected chi connectivity index (χ4v) is 4.54. The summed E-state index contributed by atoms with van der Waals surface area (Å²) in [4.78, 5) is 2.15. The van der Waals surface area contributed by atoms with Gasteiger partial charge in [-0.05, 0) is 61.8 Å². The van der Waals surface area contributed by atoms with Crippen LogP contribution in [-0.2, 0) is 0 Å². The second kappa shape index (κ2) is 6.78. The third-order valence-corrected chi connectivity index (χ3v) is 6.34. The van der Waals surface area contributed by atoms with E-state index in [4.69, 9.17) is 9.15 Å². The van der Waals surface area contributed by atoms with Crippen LogP contribution in [-0.4, -0.2) is 40.6 Å². The van der Waals surface area contributed by atoms with Gasteiger partial charge in [-0.2, -0.15) is 0 Å². The van der Waals surface area contributed by atoms with E-state index in [-0.39, 0.29) is 11.9 Å². The van der Waals surface area contributed by atoms with Crippen LogP contribution in [0, 0.1) is 17.7 Å². The summed E-state index contributed by atoms with van der Waals surface area (Å²) in [6.07, 6.45) is 4.18. The lowest BCUT2D eigenvalue weighted by Gasteiger charge is -2.35. The Bertz CT molecular complexity index is 792. The van der Waals surface area contributed by atoms with E-state index in [9.17, 15) is 9.50 Å². The van der Waals surface area contributed by atoms with Gasteiger partial charge < -0.3 is 19.2 Å². The highest BCUT2D eigenvalue weighted by atomic mass is 19.1. The van der Waals surface area contributed by atoms with Crippen molar-refractivity contribution in [1.82, 2.24) is 10.2 Å². The molecule has 4 atom stereocenters. The Balaban J connectivity index is 1.24. The highest BCUT2D eigenvalue weighted by Gasteiger charge is 2.44. The highest BCUT2D eigenvalue weighted by Crippen LogP contribution is 2.41. The van der Waals surface area contributed by atoms with Crippen molar-refractivity contribution in [3.05, 3.63) is 36.0 Å². The van der Waals surface area contributed by atoms with Crippen molar-refractivity contribution in [3.63, 3.8) is 0 Å². The molecule has 1 aromatic heterocycles. The van der Waals surface area contributed by atoms with Crippen LogP contribution in [0.5, 0.6) is 5.75 Å². The lowest BCUT2D eigenvalue weighted by molar-refractivity contribution is -0.0231. The zero-order chi connectivity index (χ0) is 18.4. The van der Waals surface area contributed by atoms with Crippen molar-refractivity contribution >= 4 is 6.01 Å². The third-order valence-electron chi connectivity index (χ3n) is 6.34. The molecule has 2 aliphatic carbocycles. The number of rotatable bonds is 4. The van der Waals surface area contributed by atoms with Gasteiger partial charge in [0.05, 0.1) is 6.10 Å². The van der Waals surface area contributed by atoms with Gasteiger partial charge in [-0.25, -0.2) is 4.39 Å². The number of anilines is 1. The average molecular weight is 373 g/mol. The van der Waals surface area contributed by atoms with Crippen LogP contribution in [0.3, 0.4) is 0 Å². The molecule has 27 heavy (non-hydrogen) atoms. The second-order valence-corrected chi connectivity index (χ2v) is 8.12. The van der Waals surface area contributed by atoms with Gasteiger partial charge in [0.15, 0.2) is 0 Å². The number of hydrogen-bond acceptors (Lipinski definition) is 6. The Morgan fingerprint density at radius 3 is 2.52 bits per heavy atom. The zero-order valence-corrected chi connectivity index (χ0v) is 15.1. The fraction of sp³-hybridized carbons (Fsp3) is 0.600. The maximum absolute atomic E-state index is 13.1. The smallest absolute Gasteiger partial charge is 0.318 e. The molecular weight excluding hydrogens is 349 g/mol. The molecule has 3 fully saturated rings. The van der Waals surface area contributed by atoms with Gasteiger partial charge in [-0.15, -0.1) is 5.10 Å². The number of aliphatic hydroxyl groups excluding tert-OH is 1. The molecule has 144 valence electrons. The second-order valence-electron chi connectivity index (χ2n) is 8.12. The number of aliphatic hydroxyl groups is 1. The van der Waals surface area contributed by atoms with Crippen molar-refractivity contribution < 1.29 is 18.7 Å². The summed E-state index contributed by atoms with van der Waals surface area (Å²) < 4.78 is 24.9. The van der Waals surface area contributed by atoms with Crippen LogP contribution in [0.25, 0.3) is 0 Å². The number of nitrogens with zero attached hydrogens (tertiary/aromatic N) is 3. The largest absolute Gasteiger partial charge is 0.488 e. The van der Waals surface area contributed by atoms with Crippen molar-refractivity contribution in [2.75, 3.05) is 18.0 Å². The quantitative estimate of drug-likeness (QED) is 0.888. The predicted molar refractivity (Wildman–Crippen MR) is 96.1 cm³/mol. The van der Waals surface area contributed by atoms with Gasteiger partial charge in [-0.1, -0.05) is 11.5 Å². The molecule has 0 bridgehead atoms. The maximum Gasteiger partial charge on any atom is 0.318 e. The van der Waals surface area contributed by atoms with Gasteiger partial charge in [0, 0.05) is 19.0 Å². The molecule has 5 rings (SSSR count). The first-order valence-corrected chi connectivity index (χ1v) is 9.84. The van der Waals surface area contributed by atoms with Crippen LogP contribution < -0.4 is 9.64 Å². The number of aromatic nitrogens is 2. The Labute approximate surface area is 157 Å². The molecule has 6 nitrogen and oxygen atoms in total. The molecule has 1 N–H and O–H groups in total. The Hall–Kier alpha value is -2.15. The van der Waals surface area contributed by atoms with E-state index in [1.165, 1.54) is 18.6 Å². The molecule has 0 unspecified atom stereocenters. The molecule has 0 spiro atoms. The van der Waals surface area contributed by atoms with Gasteiger partial charge >= 0.3 is 6.01 Å². The van der Waals surface area contributed by atoms with Gasteiger partial charge in [0.2, 0.25) is 5.89 Å². The highest BCUT2D eigenvalue weighted by molar-refractivity contribution is 5.29. The molecule has 2 heterocycles. The summed E-state index contributed by atoms with van der Waals surface area (Å²) in [6, 6.07) is 6.57. The van der Waals surface area contributed by atoms with E-state index < -0.39 is 6.10 Å². The first-order valence-electron chi connectivity index (χ1n) is 9.84. The van der Waals surface area contributed by atoms with Gasteiger partial charge in [-0.3, -0.25) is 0 Å². The molecule has 0 radical (unpaired) electrons. The molecule has 3 aliphatic rings. The Morgan fingerprint density at radius 2 is 1.81 bits per heavy atom. The molecule has 0 amide bonds. The monoisotopic (exact) mass is 373 g/mol. The lowest BCUT2D eigenvalue weighted by Crippen LogP contribution is -2.42. The van der Waals surface area contributed by atoms with E-state index in [2.05, 4.69) is 15.1 Å². The first kappa shape index (κ1) is 17.0. The van der Waals surface area contributed by atoms with E-state index in [1.54, 1.807) is 12.1 Å². The lowest BCUT2D eigenvalue weighted by atomic mass is 9.78. The number of hydrogen-bond donors (Lipinski definition) is 1. The Kier molecular flexibility index (Phi) is 4.27. The van der Waals surface area contributed by atoms with Crippen LogP contribution in [0.1, 0.15) is 43.9 Å². The summed E-state index contributed by atoms with van der Waals surface area (Å²) in [7, 11) is 0. The molecule has 7 heteroatoms. The molecule has 1 aromatic carbocycles. The summed E-state index contributed by atoms with van der Waals surface area (Å²) in [5.74, 6) is 2.31. The molecule has 1 saturated heterocycles. The Morgan fingerprint density at radius 1 is 1.07 bits per heavy atom. The third kappa shape index (κ3) is 3.29. The molecule has 1 aliphatic heterocycles. The van der Waals surface area contributed by atoms with Crippen molar-refractivity contribution in [2.24, 2.45) is 11.8 Å². The van der Waals surface area contributed by atoms with Crippen LogP contribution in [0.15, 0.2) is 28.7 Å². The summed E-state index contributed by atoms with van der Waals surface area (Å²) in [5.41, 5.74) is 0. The standard InChI is InChI=1S/C20H24FN3O3/c21-15-4-6-16(7-5-15)26-18-9-14-11-24(10-13(14)8-17(18)25)20-23-22-19(27-20)12-2-1-3-12/h4-7,12-14,17-18,25H,1-3,8-11H2/t13-,14+,17+,18+/m0/s1. The van der Waals surface area contributed by atoms with Gasteiger partial charge in [0.25, 0.3) is 0 Å². The predicted octanol–water partition coefficient (Wildman–Crippen LogP) is 3.13. The van der Waals surface area contributed by atoms with Gasteiger partial charge in [0.1, 0.15) is 17.7 Å². The van der Waals surface area contributed by atoms with Crippen molar-refractivity contribution in [2.45, 2.75) is 50.2 Å². The minimum absolute atomic E-state index is 0.273. The van der Waals surface area contributed by atoms with E-state index in [0.29, 0.717) is 35.9 Å². The van der Waals surface area contributed by atoms with Crippen LogP contribution >= 0.6 is 0 Å². The van der Waals surface area contributed by atoms with E-state index in [0.717, 1.165) is 38.2 Å². The number of ether oxygens (including phenoxy) is 1. The summed E-state index contributed by atoms with van der Waals surface area (Å²) in [5, 5.41) is 19.0. The first-order chi connectivity index (χ1) is 13.2. The summed E-state index contributed by atoms with van der Waals surface area (Å²) >= 11 is 0. The minimum Gasteiger partial charge on any atom is -0.488 e. The zero-order valence-electron chi connectivity index (χ0n) is 15.1.